The molecule has 0 aromatic heterocycles. The van der Waals surface area contributed by atoms with Crippen LogP contribution in [0.5, 0.6) is 0 Å². The van der Waals surface area contributed by atoms with Crippen LogP contribution in [0.25, 0.3) is 0 Å². The minimum absolute atomic E-state index is 0.00951. The van der Waals surface area contributed by atoms with Gasteiger partial charge in [0.05, 0.1) is 0 Å². The lowest BCUT2D eigenvalue weighted by Crippen LogP contribution is -2.38. The summed E-state index contributed by atoms with van der Waals surface area (Å²) in [5.74, 6) is -0.802. The highest BCUT2D eigenvalue weighted by atomic mass is 16.4. The van der Waals surface area contributed by atoms with E-state index in [-0.39, 0.29) is 12.0 Å². The molecule has 19 heavy (non-hydrogen) atoms. The minimum Gasteiger partial charge on any atom is -0.480 e. The third-order valence-corrected chi connectivity index (χ3v) is 4.39. The number of aliphatic carboxylic acids is 1. The van der Waals surface area contributed by atoms with Gasteiger partial charge in [-0.25, -0.2) is 5.43 Å². The predicted molar refractivity (Wildman–Crippen MR) is 73.0 cm³/mol. The highest BCUT2D eigenvalue weighted by Crippen LogP contribution is 2.31. The molecule has 1 fully saturated rings. The van der Waals surface area contributed by atoms with Gasteiger partial charge in [0, 0.05) is 12.0 Å². The second-order valence-electron chi connectivity index (χ2n) is 5.65. The molecule has 1 aromatic carbocycles. The van der Waals surface area contributed by atoms with Crippen LogP contribution in [-0.2, 0) is 17.6 Å². The normalized spacial score (nSPS) is 30.1. The number of hydrogen-bond acceptors (Lipinski definition) is 3. The first-order valence-corrected chi connectivity index (χ1v) is 7.02. The van der Waals surface area contributed by atoms with Crippen LogP contribution in [0.1, 0.15) is 42.4 Å². The fraction of sp³-hybridized carbons (Fsp3) is 0.533. The van der Waals surface area contributed by atoms with E-state index < -0.39 is 12.0 Å². The van der Waals surface area contributed by atoms with E-state index in [1.807, 2.05) is 6.92 Å². The maximum absolute atomic E-state index is 11.3. The van der Waals surface area contributed by atoms with Crippen molar-refractivity contribution in [3.63, 3.8) is 0 Å². The fourth-order valence-corrected chi connectivity index (χ4v) is 3.35. The number of aryl methyl sites for hydroxylation is 2. The predicted octanol–water partition coefficient (Wildman–Crippen LogP) is 1.60. The molecule has 4 heteroatoms. The van der Waals surface area contributed by atoms with Crippen LogP contribution in [0, 0.1) is 0 Å². The van der Waals surface area contributed by atoms with E-state index in [1.165, 1.54) is 24.0 Å². The van der Waals surface area contributed by atoms with Gasteiger partial charge in [0.2, 0.25) is 0 Å². The Labute approximate surface area is 113 Å². The molecule has 0 saturated carbocycles. The first-order valence-electron chi connectivity index (χ1n) is 7.02. The Bertz CT molecular complexity index is 501. The summed E-state index contributed by atoms with van der Waals surface area (Å²) >= 11 is 0. The molecular weight excluding hydrogens is 240 g/mol. The molecule has 3 N–H and O–H groups in total. The summed E-state index contributed by atoms with van der Waals surface area (Å²) in [4.78, 5) is 11.3. The van der Waals surface area contributed by atoms with E-state index >= 15 is 0 Å². The van der Waals surface area contributed by atoms with Gasteiger partial charge in [0.1, 0.15) is 6.04 Å². The number of nitrogens with one attached hydrogen (secondary N) is 2. The zero-order chi connectivity index (χ0) is 13.4. The molecule has 1 saturated heterocycles. The van der Waals surface area contributed by atoms with Crippen molar-refractivity contribution in [2.24, 2.45) is 0 Å². The SMILES string of the molecule is CC1NNC(C(=O)O)C1c1ccc2c(c1)CCCC2. The number of carbonyl (C=O) groups is 1. The Morgan fingerprint density at radius 1 is 1.21 bits per heavy atom. The Kier molecular flexibility index (Phi) is 3.29. The molecule has 3 atom stereocenters. The Balaban J connectivity index is 1.94. The zero-order valence-corrected chi connectivity index (χ0v) is 11.1. The van der Waals surface area contributed by atoms with E-state index in [0.29, 0.717) is 0 Å². The third-order valence-electron chi connectivity index (χ3n) is 4.39. The molecule has 1 aromatic rings. The molecule has 3 unspecified atom stereocenters. The lowest BCUT2D eigenvalue weighted by atomic mass is 9.83. The number of benzene rings is 1. The molecule has 1 heterocycles. The first-order chi connectivity index (χ1) is 9.16. The van der Waals surface area contributed by atoms with Gasteiger partial charge in [-0.3, -0.25) is 10.2 Å². The molecule has 2 aliphatic rings. The van der Waals surface area contributed by atoms with Crippen molar-refractivity contribution in [1.82, 2.24) is 10.9 Å². The molecule has 0 radical (unpaired) electrons. The van der Waals surface area contributed by atoms with Crippen molar-refractivity contribution in [2.45, 2.75) is 50.6 Å². The highest BCUT2D eigenvalue weighted by Gasteiger charge is 2.39. The number of carboxylic acids is 1. The average molecular weight is 260 g/mol. The molecule has 3 rings (SSSR count). The van der Waals surface area contributed by atoms with Crippen LogP contribution in [-0.4, -0.2) is 23.2 Å². The van der Waals surface area contributed by atoms with Gasteiger partial charge in [-0.1, -0.05) is 18.2 Å². The van der Waals surface area contributed by atoms with Crippen LogP contribution >= 0.6 is 0 Å². The van der Waals surface area contributed by atoms with Gasteiger partial charge in [0.25, 0.3) is 0 Å². The Morgan fingerprint density at radius 3 is 2.68 bits per heavy atom. The first kappa shape index (κ1) is 12.6. The van der Waals surface area contributed by atoms with Crippen LogP contribution in [0.4, 0.5) is 0 Å². The summed E-state index contributed by atoms with van der Waals surface area (Å²) < 4.78 is 0. The lowest BCUT2D eigenvalue weighted by molar-refractivity contribution is -0.139. The second kappa shape index (κ2) is 4.94. The van der Waals surface area contributed by atoms with Crippen molar-refractivity contribution in [2.75, 3.05) is 0 Å². The van der Waals surface area contributed by atoms with Gasteiger partial charge < -0.3 is 5.11 Å². The maximum atomic E-state index is 11.3. The number of carboxylic acid groups (broad SMARTS) is 1. The van der Waals surface area contributed by atoms with Crippen molar-refractivity contribution < 1.29 is 9.90 Å². The van der Waals surface area contributed by atoms with Gasteiger partial charge in [0.15, 0.2) is 0 Å². The van der Waals surface area contributed by atoms with Crippen molar-refractivity contribution in [1.29, 1.82) is 0 Å². The van der Waals surface area contributed by atoms with Gasteiger partial charge in [-0.2, -0.15) is 0 Å². The quantitative estimate of drug-likeness (QED) is 0.756. The molecule has 102 valence electrons. The minimum atomic E-state index is -0.792. The molecule has 0 bridgehead atoms. The molecule has 0 amide bonds. The van der Waals surface area contributed by atoms with Crippen LogP contribution in [0.15, 0.2) is 18.2 Å². The van der Waals surface area contributed by atoms with E-state index in [0.717, 1.165) is 18.4 Å². The molecular formula is C15H20N2O2. The summed E-state index contributed by atoms with van der Waals surface area (Å²) in [5.41, 5.74) is 9.92. The Morgan fingerprint density at radius 2 is 1.95 bits per heavy atom. The molecule has 4 nitrogen and oxygen atoms in total. The summed E-state index contributed by atoms with van der Waals surface area (Å²) in [6, 6.07) is 6.10. The zero-order valence-electron chi connectivity index (χ0n) is 11.1. The van der Waals surface area contributed by atoms with E-state index in [1.54, 1.807) is 0 Å². The summed E-state index contributed by atoms with van der Waals surface area (Å²) in [7, 11) is 0. The molecule has 1 aliphatic carbocycles. The number of hydrogen-bond donors (Lipinski definition) is 3. The number of rotatable bonds is 2. The highest BCUT2D eigenvalue weighted by molar-refractivity contribution is 5.75. The van der Waals surface area contributed by atoms with Gasteiger partial charge in [-0.05, 0) is 49.3 Å². The summed E-state index contributed by atoms with van der Waals surface area (Å²) in [5, 5.41) is 9.30. The largest absolute Gasteiger partial charge is 0.480 e. The van der Waals surface area contributed by atoms with Crippen LogP contribution in [0.2, 0.25) is 0 Å². The standard InChI is InChI=1S/C15H20N2O2/c1-9-13(14(15(18)19)17-16-9)12-7-6-10-4-2-3-5-11(10)8-12/h6-9,13-14,16-17H,2-5H2,1H3,(H,18,19). The third kappa shape index (κ3) is 2.26. The second-order valence-corrected chi connectivity index (χ2v) is 5.65. The van der Waals surface area contributed by atoms with Crippen molar-refractivity contribution in [3.05, 3.63) is 34.9 Å². The number of hydrazine groups is 1. The summed E-state index contributed by atoms with van der Waals surface area (Å²) in [6.45, 7) is 2.03. The van der Waals surface area contributed by atoms with E-state index in [2.05, 4.69) is 29.1 Å². The van der Waals surface area contributed by atoms with Crippen LogP contribution < -0.4 is 10.9 Å². The number of fused-ring (bicyclic) bond motifs is 1. The van der Waals surface area contributed by atoms with Gasteiger partial charge >= 0.3 is 5.97 Å². The van der Waals surface area contributed by atoms with Gasteiger partial charge in [-0.15, -0.1) is 0 Å². The summed E-state index contributed by atoms with van der Waals surface area (Å²) in [6.07, 6.45) is 4.81. The fourth-order valence-electron chi connectivity index (χ4n) is 3.35. The van der Waals surface area contributed by atoms with Crippen molar-refractivity contribution >= 4 is 5.97 Å². The Hall–Kier alpha value is -1.39. The topological polar surface area (TPSA) is 61.4 Å². The average Bonchev–Trinajstić information content (AvgIpc) is 2.80. The molecule has 0 spiro atoms. The van der Waals surface area contributed by atoms with E-state index in [4.69, 9.17) is 0 Å². The molecule has 1 aliphatic heterocycles. The lowest BCUT2D eigenvalue weighted by Gasteiger charge is -2.22. The van der Waals surface area contributed by atoms with Crippen molar-refractivity contribution in [3.8, 4) is 0 Å². The van der Waals surface area contributed by atoms with E-state index in [9.17, 15) is 9.90 Å². The smallest absolute Gasteiger partial charge is 0.322 e. The monoisotopic (exact) mass is 260 g/mol. The van der Waals surface area contributed by atoms with Crippen LogP contribution in [0.3, 0.4) is 0 Å². The maximum Gasteiger partial charge on any atom is 0.322 e.